The molecule has 54 valence electrons. The third-order valence-corrected chi connectivity index (χ3v) is 1.82. The number of ketones is 1. The average Bonchev–Trinajstić information content (AvgIpc) is 1.79. The molecule has 0 spiro atoms. The Hall–Kier alpha value is -0.440. The minimum atomic E-state index is -1.48. The number of halogens is 2. The van der Waals surface area contributed by atoms with Gasteiger partial charge in [-0.1, -0.05) is 0 Å². The Bertz CT molecular complexity index is 228. The molecule has 0 aromatic carbocycles. The first-order valence-corrected chi connectivity index (χ1v) is 3.61. The maximum absolute atomic E-state index is 12.9. The molecular formula is C7H6BrFO. The summed E-state index contributed by atoms with van der Waals surface area (Å²) in [6, 6.07) is 0. The summed E-state index contributed by atoms with van der Waals surface area (Å²) in [6.07, 6.45) is 3.71. The summed E-state index contributed by atoms with van der Waals surface area (Å²) in [7, 11) is 0. The van der Waals surface area contributed by atoms with Crippen LogP contribution in [-0.2, 0) is 4.79 Å². The highest BCUT2D eigenvalue weighted by molar-refractivity contribution is 9.12. The van der Waals surface area contributed by atoms with Gasteiger partial charge in [-0.2, -0.15) is 0 Å². The topological polar surface area (TPSA) is 17.1 Å². The van der Waals surface area contributed by atoms with Crippen molar-refractivity contribution in [3.05, 3.63) is 22.7 Å². The molecule has 0 aromatic heterocycles. The van der Waals surface area contributed by atoms with E-state index in [9.17, 15) is 9.18 Å². The number of carbonyl (C=O) groups is 1. The summed E-state index contributed by atoms with van der Waals surface area (Å²) in [4.78, 5) is 10.7. The van der Waals surface area contributed by atoms with Gasteiger partial charge in [-0.05, 0) is 41.1 Å². The van der Waals surface area contributed by atoms with E-state index in [4.69, 9.17) is 0 Å². The van der Waals surface area contributed by atoms with Crippen LogP contribution in [0.4, 0.5) is 4.39 Å². The number of allylic oxidation sites excluding steroid dienone is 4. The first kappa shape index (κ1) is 7.66. The highest BCUT2D eigenvalue weighted by Gasteiger charge is 2.22. The van der Waals surface area contributed by atoms with Gasteiger partial charge in [-0.15, -0.1) is 0 Å². The fourth-order valence-corrected chi connectivity index (χ4v) is 1.27. The van der Waals surface area contributed by atoms with Crippen molar-refractivity contribution in [2.45, 2.75) is 12.6 Å². The SMILES string of the molecule is C[C@]1(F)C=CC(=O)C(Br)=C1. The van der Waals surface area contributed by atoms with Crippen LogP contribution in [0.3, 0.4) is 0 Å². The summed E-state index contributed by atoms with van der Waals surface area (Å²) in [6.45, 7) is 1.39. The molecule has 0 bridgehead atoms. The molecule has 1 nitrogen and oxygen atoms in total. The second kappa shape index (κ2) is 2.31. The molecule has 10 heavy (non-hydrogen) atoms. The monoisotopic (exact) mass is 204 g/mol. The Morgan fingerprint density at radius 1 is 1.70 bits per heavy atom. The zero-order valence-corrected chi connectivity index (χ0v) is 6.98. The van der Waals surface area contributed by atoms with E-state index in [0.717, 1.165) is 0 Å². The second-order valence-corrected chi connectivity index (χ2v) is 3.20. The Balaban J connectivity index is 2.95. The van der Waals surface area contributed by atoms with Crippen molar-refractivity contribution in [2.24, 2.45) is 0 Å². The van der Waals surface area contributed by atoms with E-state index >= 15 is 0 Å². The molecule has 1 aliphatic rings. The van der Waals surface area contributed by atoms with Gasteiger partial charge in [0.1, 0.15) is 5.67 Å². The van der Waals surface area contributed by atoms with Crippen LogP contribution in [0.2, 0.25) is 0 Å². The van der Waals surface area contributed by atoms with Gasteiger partial charge in [0.05, 0.1) is 4.48 Å². The van der Waals surface area contributed by atoms with Crippen LogP contribution >= 0.6 is 15.9 Å². The third-order valence-electron chi connectivity index (χ3n) is 1.20. The van der Waals surface area contributed by atoms with Crippen LogP contribution < -0.4 is 0 Å². The molecule has 0 amide bonds. The molecule has 0 saturated heterocycles. The molecule has 1 aliphatic carbocycles. The van der Waals surface area contributed by atoms with Crippen LogP contribution in [0, 0.1) is 0 Å². The molecule has 3 heteroatoms. The first-order valence-electron chi connectivity index (χ1n) is 2.82. The Morgan fingerprint density at radius 2 is 2.30 bits per heavy atom. The van der Waals surface area contributed by atoms with E-state index in [1.165, 1.54) is 25.2 Å². The van der Waals surface area contributed by atoms with Crippen LogP contribution in [0.5, 0.6) is 0 Å². The van der Waals surface area contributed by atoms with Crippen molar-refractivity contribution in [1.82, 2.24) is 0 Å². The number of hydrogen-bond acceptors (Lipinski definition) is 1. The summed E-state index contributed by atoms with van der Waals surface area (Å²) in [5.74, 6) is -0.185. The Labute approximate surface area is 66.7 Å². The minimum absolute atomic E-state index is 0.185. The molecule has 1 atom stereocenters. The van der Waals surface area contributed by atoms with Crippen molar-refractivity contribution in [3.8, 4) is 0 Å². The maximum atomic E-state index is 12.9. The standard InChI is InChI=1S/C7H6BrFO/c1-7(9)3-2-6(10)5(8)4-7/h2-4H,1H3/t7-/m0/s1. The van der Waals surface area contributed by atoms with Gasteiger partial charge in [-0.25, -0.2) is 4.39 Å². The van der Waals surface area contributed by atoms with E-state index in [1.54, 1.807) is 0 Å². The number of rotatable bonds is 0. The molecule has 0 heterocycles. The zero-order chi connectivity index (χ0) is 7.78. The Morgan fingerprint density at radius 3 is 2.70 bits per heavy atom. The lowest BCUT2D eigenvalue weighted by atomic mass is 10.0. The number of carbonyl (C=O) groups excluding carboxylic acids is 1. The molecule has 0 fully saturated rings. The number of alkyl halides is 1. The van der Waals surface area contributed by atoms with Gasteiger partial charge in [0.2, 0.25) is 0 Å². The average molecular weight is 205 g/mol. The zero-order valence-electron chi connectivity index (χ0n) is 5.40. The Kier molecular flexibility index (Phi) is 1.77. The quantitative estimate of drug-likeness (QED) is 0.591. The van der Waals surface area contributed by atoms with Crippen molar-refractivity contribution >= 4 is 21.7 Å². The lowest BCUT2D eigenvalue weighted by molar-refractivity contribution is -0.110. The van der Waals surface area contributed by atoms with Crippen LogP contribution in [0.25, 0.3) is 0 Å². The summed E-state index contributed by atoms with van der Waals surface area (Å²) in [5, 5.41) is 0. The first-order chi connectivity index (χ1) is 4.51. The molecule has 0 unspecified atom stereocenters. The van der Waals surface area contributed by atoms with Gasteiger partial charge in [0.25, 0.3) is 0 Å². The van der Waals surface area contributed by atoms with Crippen molar-refractivity contribution in [2.75, 3.05) is 0 Å². The highest BCUT2D eigenvalue weighted by atomic mass is 79.9. The summed E-state index contributed by atoms with van der Waals surface area (Å²) >= 11 is 2.95. The predicted molar refractivity (Wildman–Crippen MR) is 40.7 cm³/mol. The second-order valence-electron chi connectivity index (χ2n) is 2.34. The molecule has 0 saturated carbocycles. The highest BCUT2D eigenvalue weighted by Crippen LogP contribution is 2.24. The molecule has 0 aliphatic heterocycles. The normalized spacial score (nSPS) is 32.3. The molecular weight excluding hydrogens is 199 g/mol. The lowest BCUT2D eigenvalue weighted by Gasteiger charge is -2.13. The smallest absolute Gasteiger partial charge is 0.192 e. The summed E-state index contributed by atoms with van der Waals surface area (Å²) < 4.78 is 13.2. The van der Waals surface area contributed by atoms with Crippen LogP contribution in [0.1, 0.15) is 6.92 Å². The lowest BCUT2D eigenvalue weighted by Crippen LogP contribution is -2.16. The van der Waals surface area contributed by atoms with E-state index in [1.807, 2.05) is 0 Å². The van der Waals surface area contributed by atoms with Gasteiger partial charge in [-0.3, -0.25) is 4.79 Å². The van der Waals surface area contributed by atoms with Gasteiger partial charge in [0, 0.05) is 0 Å². The predicted octanol–water partition coefficient (Wildman–Crippen LogP) is 2.13. The molecule has 0 N–H and O–H groups in total. The molecule has 1 rings (SSSR count). The van der Waals surface area contributed by atoms with E-state index in [0.29, 0.717) is 4.48 Å². The van der Waals surface area contributed by atoms with Gasteiger partial charge >= 0.3 is 0 Å². The fourth-order valence-electron chi connectivity index (χ4n) is 0.685. The summed E-state index contributed by atoms with van der Waals surface area (Å²) in [5.41, 5.74) is -1.48. The third kappa shape index (κ3) is 1.53. The van der Waals surface area contributed by atoms with E-state index in [2.05, 4.69) is 15.9 Å². The largest absolute Gasteiger partial charge is 0.289 e. The van der Waals surface area contributed by atoms with E-state index < -0.39 is 5.67 Å². The van der Waals surface area contributed by atoms with Crippen molar-refractivity contribution in [1.29, 1.82) is 0 Å². The molecule has 0 radical (unpaired) electrons. The minimum Gasteiger partial charge on any atom is -0.289 e. The van der Waals surface area contributed by atoms with Crippen LogP contribution in [-0.4, -0.2) is 11.5 Å². The van der Waals surface area contributed by atoms with E-state index in [-0.39, 0.29) is 5.78 Å². The van der Waals surface area contributed by atoms with Crippen molar-refractivity contribution in [3.63, 3.8) is 0 Å². The van der Waals surface area contributed by atoms with Crippen molar-refractivity contribution < 1.29 is 9.18 Å². The van der Waals surface area contributed by atoms with Gasteiger partial charge in [0.15, 0.2) is 5.78 Å². The number of hydrogen-bond donors (Lipinski definition) is 0. The fraction of sp³-hybridized carbons (Fsp3) is 0.286. The maximum Gasteiger partial charge on any atom is 0.192 e. The molecule has 0 aromatic rings. The van der Waals surface area contributed by atoms with Crippen LogP contribution in [0.15, 0.2) is 22.7 Å². The van der Waals surface area contributed by atoms with Gasteiger partial charge < -0.3 is 0 Å².